The van der Waals surface area contributed by atoms with E-state index in [9.17, 15) is 0 Å². The Morgan fingerprint density at radius 3 is 0.536 bits per heavy atom. The number of pyridine rings is 4. The molecule has 12 heteroatoms. The number of nitrogens with zero attached hydrogens (tertiary/aromatic N) is 4. The summed E-state index contributed by atoms with van der Waals surface area (Å²) in [4.78, 5) is 17.0. The molecule has 0 aliphatic heterocycles. The summed E-state index contributed by atoms with van der Waals surface area (Å²) in [5.41, 5.74) is 8.76. The minimum absolute atomic E-state index is 1.03. The van der Waals surface area contributed by atoms with Crippen molar-refractivity contribution in [2.75, 3.05) is 0 Å². The Balaban J connectivity index is 0.000000188. The van der Waals surface area contributed by atoms with Crippen molar-refractivity contribution in [1.29, 1.82) is 0 Å². The van der Waals surface area contributed by atoms with Gasteiger partial charge >= 0.3 is 84.1 Å². The first kappa shape index (κ1) is 46.8. The molecule has 0 bridgehead atoms. The molecule has 0 N–H and O–H groups in total. The number of aromatic nitrogens is 4. The van der Waals surface area contributed by atoms with E-state index in [1.807, 2.05) is 170 Å². The normalized spacial score (nSPS) is 9.89. The van der Waals surface area contributed by atoms with E-state index in [1.54, 1.807) is 0 Å². The van der Waals surface area contributed by atoms with Crippen LogP contribution in [0.5, 0.6) is 0 Å². The Morgan fingerprint density at radius 1 is 0.232 bits per heavy atom. The zero-order valence-corrected chi connectivity index (χ0v) is 37.3. The SMILES string of the molecule is [Cl][Rh]([Cl])[Cl].[Cl][Rh]([Cl])[Cl].c1ccc(-c2ccccn2)cc1.c1ccc(-c2ccccn2)cc1.c1ccc(-c2ccccn2)cc1.c1ccc(-c2ccccn2)cc1. The summed E-state index contributed by atoms with van der Waals surface area (Å²) in [5, 5.41) is 0. The fourth-order valence-electron chi connectivity index (χ4n) is 4.57. The van der Waals surface area contributed by atoms with E-state index in [-0.39, 0.29) is 0 Å². The van der Waals surface area contributed by atoms with Gasteiger partial charge in [0.1, 0.15) is 0 Å². The van der Waals surface area contributed by atoms with Gasteiger partial charge in [-0.2, -0.15) is 0 Å². The third kappa shape index (κ3) is 21.1. The van der Waals surface area contributed by atoms with Crippen LogP contribution in [0.25, 0.3) is 45.0 Å². The van der Waals surface area contributed by atoms with E-state index in [4.69, 9.17) is 58.1 Å². The number of hydrogen-bond acceptors (Lipinski definition) is 4. The average molecular weight is 1040 g/mol. The molecular weight excluding hydrogens is 1000 g/mol. The first-order valence-electron chi connectivity index (χ1n) is 16.5. The second kappa shape index (κ2) is 29.7. The molecule has 4 nitrogen and oxygen atoms in total. The predicted octanol–water partition coefficient (Wildman–Crippen LogP) is 15.1. The third-order valence-electron chi connectivity index (χ3n) is 6.94. The molecule has 292 valence electrons. The van der Waals surface area contributed by atoms with Crippen molar-refractivity contribution in [1.82, 2.24) is 19.9 Å². The molecule has 0 unspecified atom stereocenters. The molecule has 8 aromatic rings. The maximum atomic E-state index is 4.94. The molecule has 0 aliphatic carbocycles. The summed E-state index contributed by atoms with van der Waals surface area (Å²) >= 11 is -3.32. The second-order valence-corrected chi connectivity index (χ2v) is 25.5. The van der Waals surface area contributed by atoms with Crippen molar-refractivity contribution < 1.29 is 26.0 Å². The molecule has 8 rings (SSSR count). The molecule has 0 spiro atoms. The third-order valence-corrected chi connectivity index (χ3v) is 6.94. The summed E-state index contributed by atoms with van der Waals surface area (Å²) in [6.45, 7) is 0. The molecule has 4 heterocycles. The number of benzene rings is 4. The van der Waals surface area contributed by atoms with Crippen molar-refractivity contribution in [2.24, 2.45) is 0 Å². The van der Waals surface area contributed by atoms with Crippen molar-refractivity contribution >= 4 is 58.1 Å². The van der Waals surface area contributed by atoms with E-state index in [0.29, 0.717) is 0 Å². The Kier molecular flexibility index (Phi) is 24.8. The van der Waals surface area contributed by atoms with Gasteiger partial charge in [0.05, 0.1) is 22.8 Å². The van der Waals surface area contributed by atoms with E-state index in [2.05, 4.69) is 68.5 Å². The van der Waals surface area contributed by atoms with Crippen LogP contribution < -0.4 is 0 Å². The Hall–Kier alpha value is -3.53. The van der Waals surface area contributed by atoms with Gasteiger partial charge in [0.15, 0.2) is 0 Å². The Labute approximate surface area is 364 Å². The monoisotopic (exact) mass is 1040 g/mol. The molecule has 0 fully saturated rings. The number of rotatable bonds is 4. The van der Waals surface area contributed by atoms with Gasteiger partial charge in [0, 0.05) is 47.0 Å². The van der Waals surface area contributed by atoms with Gasteiger partial charge in [-0.05, 0) is 48.5 Å². The summed E-state index contributed by atoms with van der Waals surface area (Å²) in [6.07, 6.45) is 7.23. The van der Waals surface area contributed by atoms with Crippen LogP contribution in [0.2, 0.25) is 0 Å². The van der Waals surface area contributed by atoms with Crippen LogP contribution in [0.15, 0.2) is 219 Å². The molecule has 0 saturated carbocycles. The zero-order chi connectivity index (χ0) is 40.1. The molecule has 56 heavy (non-hydrogen) atoms. The molecule has 0 amide bonds. The van der Waals surface area contributed by atoms with Gasteiger partial charge in [-0.1, -0.05) is 146 Å². The minimum atomic E-state index is -1.66. The average Bonchev–Trinajstić information content (AvgIpc) is 3.26. The standard InChI is InChI=1S/4C11H9N.6ClH.2Rh/c4*1-2-6-10(7-3-1)11-8-4-5-9-12-11;;;;;;;;/h4*1-9H;6*1H;;/q;;;;;;;;;;2*+3/p-6. The van der Waals surface area contributed by atoms with Crippen molar-refractivity contribution in [3.63, 3.8) is 0 Å². The van der Waals surface area contributed by atoms with Crippen LogP contribution >= 0.6 is 58.1 Å². The fraction of sp³-hybridized carbons (Fsp3) is 0. The summed E-state index contributed by atoms with van der Waals surface area (Å²) in [6, 6.07) is 64.3. The number of halogens is 6. The predicted molar refractivity (Wildman–Crippen MR) is 234 cm³/mol. The van der Waals surface area contributed by atoms with Crippen LogP contribution in [0.1, 0.15) is 0 Å². The van der Waals surface area contributed by atoms with Crippen molar-refractivity contribution in [2.45, 2.75) is 0 Å². The first-order valence-corrected chi connectivity index (χ1v) is 29.1. The second-order valence-electron chi connectivity index (χ2n) is 10.6. The van der Waals surface area contributed by atoms with Crippen molar-refractivity contribution in [3.8, 4) is 45.0 Å². The van der Waals surface area contributed by atoms with Crippen LogP contribution in [-0.2, 0) is 26.0 Å². The van der Waals surface area contributed by atoms with Crippen LogP contribution in [-0.4, -0.2) is 19.9 Å². The van der Waals surface area contributed by atoms with Gasteiger partial charge < -0.3 is 0 Å². The van der Waals surface area contributed by atoms with Gasteiger partial charge in [-0.25, -0.2) is 0 Å². The van der Waals surface area contributed by atoms with Crippen LogP contribution in [0.3, 0.4) is 0 Å². The van der Waals surface area contributed by atoms with Crippen molar-refractivity contribution in [3.05, 3.63) is 219 Å². The molecular formula is C44H36Cl6N4Rh2. The Morgan fingerprint density at radius 2 is 0.393 bits per heavy atom. The molecule has 0 saturated heterocycles. The van der Waals surface area contributed by atoms with Gasteiger partial charge in [0.25, 0.3) is 0 Å². The molecule has 0 aliphatic rings. The molecule has 4 aromatic carbocycles. The van der Waals surface area contributed by atoms with Gasteiger partial charge in [0.2, 0.25) is 0 Å². The maximum absolute atomic E-state index is 4.94. The molecule has 0 atom stereocenters. The van der Waals surface area contributed by atoms with Gasteiger partial charge in [-0.3, -0.25) is 19.9 Å². The maximum Gasteiger partial charge on any atom is 0.0701 e. The topological polar surface area (TPSA) is 51.6 Å². The van der Waals surface area contributed by atoms with E-state index < -0.39 is 26.0 Å². The quantitative estimate of drug-likeness (QED) is 0.165. The summed E-state index contributed by atoms with van der Waals surface area (Å²) < 4.78 is 0. The minimum Gasteiger partial charge on any atom is -0.256 e. The van der Waals surface area contributed by atoms with E-state index in [1.165, 1.54) is 0 Å². The van der Waals surface area contributed by atoms with E-state index in [0.717, 1.165) is 45.0 Å². The number of hydrogen-bond donors (Lipinski definition) is 0. The largest absolute Gasteiger partial charge is 0.256 e. The van der Waals surface area contributed by atoms with Gasteiger partial charge in [-0.15, -0.1) is 0 Å². The molecule has 4 aromatic heterocycles. The zero-order valence-electron chi connectivity index (χ0n) is 29.5. The van der Waals surface area contributed by atoms with E-state index >= 15 is 0 Å². The smallest absolute Gasteiger partial charge is 0.0701 e. The molecule has 0 radical (unpaired) electrons. The van der Waals surface area contributed by atoms with Crippen LogP contribution in [0, 0.1) is 0 Å². The first-order chi connectivity index (χ1) is 27.3. The summed E-state index contributed by atoms with van der Waals surface area (Å²) in [5.74, 6) is 0. The Bertz CT molecular complexity index is 1640. The fourth-order valence-corrected chi connectivity index (χ4v) is 4.57. The summed E-state index contributed by atoms with van der Waals surface area (Å²) in [7, 11) is 29.6. The van der Waals surface area contributed by atoms with Crippen LogP contribution in [0.4, 0.5) is 0 Å².